The lowest BCUT2D eigenvalue weighted by Crippen LogP contribution is -2.29. The maximum atomic E-state index is 9.75. The van der Waals surface area contributed by atoms with Crippen LogP contribution < -0.4 is 0 Å². The van der Waals surface area contributed by atoms with Crippen molar-refractivity contribution in [2.75, 3.05) is 6.61 Å². The lowest BCUT2D eigenvalue weighted by Gasteiger charge is -2.25. The fraction of sp³-hybridized carbons (Fsp3) is 0.433. The molecule has 0 aromatic heterocycles. The zero-order valence-corrected chi connectivity index (χ0v) is 19.6. The van der Waals surface area contributed by atoms with Crippen LogP contribution >= 0.6 is 0 Å². The lowest BCUT2D eigenvalue weighted by atomic mass is 9.89. The minimum Gasteiger partial charge on any atom is -0.356 e. The van der Waals surface area contributed by atoms with Crippen LogP contribution in [0, 0.1) is 11.3 Å². The van der Waals surface area contributed by atoms with Crippen LogP contribution in [0.25, 0.3) is 16.7 Å². The Morgan fingerprint density at radius 2 is 1.38 bits per heavy atom. The Morgan fingerprint density at radius 1 is 0.781 bits per heavy atom. The Hall–Kier alpha value is -2.63. The van der Waals surface area contributed by atoms with E-state index in [1.807, 2.05) is 18.2 Å². The molecule has 2 aromatic rings. The van der Waals surface area contributed by atoms with Gasteiger partial charge in [0.25, 0.3) is 0 Å². The summed E-state index contributed by atoms with van der Waals surface area (Å²) >= 11 is 0. The number of allylic oxidation sites excluding steroid dienone is 2. The van der Waals surface area contributed by atoms with Gasteiger partial charge in [-0.15, -0.1) is 0 Å². The van der Waals surface area contributed by atoms with Crippen molar-refractivity contribution in [2.45, 2.75) is 76.7 Å². The van der Waals surface area contributed by atoms with Gasteiger partial charge < -0.3 is 4.74 Å². The van der Waals surface area contributed by atoms with Crippen molar-refractivity contribution >= 4 is 5.57 Å². The van der Waals surface area contributed by atoms with Gasteiger partial charge in [-0.1, -0.05) is 125 Å². The van der Waals surface area contributed by atoms with E-state index in [4.69, 9.17) is 4.74 Å². The highest BCUT2D eigenvalue weighted by Gasteiger charge is 2.29. The average molecular weight is 428 g/mol. The van der Waals surface area contributed by atoms with E-state index in [-0.39, 0.29) is 0 Å². The molecule has 1 aliphatic rings. The summed E-state index contributed by atoms with van der Waals surface area (Å²) in [6.45, 7) is 2.91. The summed E-state index contributed by atoms with van der Waals surface area (Å²) in [5.41, 5.74) is 3.95. The van der Waals surface area contributed by atoms with Crippen LogP contribution in [0.3, 0.4) is 0 Å². The lowest BCUT2D eigenvalue weighted by molar-refractivity contribution is 0.0323. The molecule has 1 unspecified atom stereocenters. The molecule has 0 saturated heterocycles. The van der Waals surface area contributed by atoms with Gasteiger partial charge in [0.15, 0.2) is 5.60 Å². The SMILES string of the molecule is CCCCCCCCCCCOC1(C#N)C=CC(c2ccc(-c3ccccc3)cc2)=CC1. The average Bonchev–Trinajstić information content (AvgIpc) is 2.86. The molecule has 0 N–H and O–H groups in total. The molecular weight excluding hydrogens is 390 g/mol. The number of benzene rings is 2. The third-order valence-electron chi connectivity index (χ3n) is 6.28. The van der Waals surface area contributed by atoms with Gasteiger partial charge in [0.1, 0.15) is 6.07 Å². The fourth-order valence-corrected chi connectivity index (χ4v) is 4.21. The summed E-state index contributed by atoms with van der Waals surface area (Å²) in [5.74, 6) is 0. The zero-order chi connectivity index (χ0) is 22.5. The van der Waals surface area contributed by atoms with Gasteiger partial charge in [0.2, 0.25) is 0 Å². The highest BCUT2D eigenvalue weighted by atomic mass is 16.5. The van der Waals surface area contributed by atoms with E-state index in [9.17, 15) is 5.26 Å². The highest BCUT2D eigenvalue weighted by molar-refractivity contribution is 5.77. The predicted molar refractivity (Wildman–Crippen MR) is 135 cm³/mol. The van der Waals surface area contributed by atoms with Gasteiger partial charge in [-0.3, -0.25) is 0 Å². The number of hydrogen-bond acceptors (Lipinski definition) is 2. The molecule has 1 atom stereocenters. The minimum absolute atomic E-state index is 0.604. The molecule has 0 saturated carbocycles. The van der Waals surface area contributed by atoms with E-state index in [1.165, 1.54) is 68.1 Å². The van der Waals surface area contributed by atoms with Crippen LogP contribution in [-0.2, 0) is 4.74 Å². The van der Waals surface area contributed by atoms with Gasteiger partial charge in [-0.05, 0) is 34.8 Å². The molecule has 168 valence electrons. The van der Waals surface area contributed by atoms with Crippen LogP contribution in [0.1, 0.15) is 76.7 Å². The van der Waals surface area contributed by atoms with Crippen molar-refractivity contribution in [3.8, 4) is 17.2 Å². The maximum absolute atomic E-state index is 9.75. The van der Waals surface area contributed by atoms with E-state index in [1.54, 1.807) is 0 Å². The summed E-state index contributed by atoms with van der Waals surface area (Å²) < 4.78 is 6.05. The molecule has 2 nitrogen and oxygen atoms in total. The Morgan fingerprint density at radius 3 is 1.97 bits per heavy atom. The second-order valence-electron chi connectivity index (χ2n) is 8.82. The molecule has 2 aromatic carbocycles. The number of ether oxygens (including phenoxy) is 1. The van der Waals surface area contributed by atoms with Gasteiger partial charge in [0.05, 0.1) is 0 Å². The van der Waals surface area contributed by atoms with E-state index in [2.05, 4.69) is 67.6 Å². The summed E-state index contributed by atoms with van der Waals surface area (Å²) in [6, 6.07) is 21.4. The van der Waals surface area contributed by atoms with Crippen molar-refractivity contribution in [1.29, 1.82) is 5.26 Å². The molecule has 0 radical (unpaired) electrons. The van der Waals surface area contributed by atoms with Crippen LogP contribution in [0.2, 0.25) is 0 Å². The molecule has 3 rings (SSSR count). The first kappa shape index (κ1) is 24.0. The van der Waals surface area contributed by atoms with Crippen molar-refractivity contribution in [3.63, 3.8) is 0 Å². The standard InChI is InChI=1S/C30H37NO/c1-2-3-4-5-6-7-8-9-13-24-32-30(25-31)22-20-29(21-23-30)28-18-16-27(17-19-28)26-14-11-10-12-15-26/h10-12,14-22H,2-9,13,23-24H2,1H3. The Balaban J connectivity index is 1.42. The Bertz CT molecular complexity index is 904. The molecule has 0 amide bonds. The predicted octanol–water partition coefficient (Wildman–Crippen LogP) is 8.51. The quantitative estimate of drug-likeness (QED) is 0.300. The third-order valence-corrected chi connectivity index (χ3v) is 6.28. The van der Waals surface area contributed by atoms with Gasteiger partial charge >= 0.3 is 0 Å². The van der Waals surface area contributed by atoms with Crippen molar-refractivity contribution in [1.82, 2.24) is 0 Å². The van der Waals surface area contributed by atoms with E-state index < -0.39 is 5.60 Å². The number of nitriles is 1. The minimum atomic E-state index is -0.812. The van der Waals surface area contributed by atoms with Crippen molar-refractivity contribution < 1.29 is 4.74 Å². The molecule has 2 heteroatoms. The van der Waals surface area contributed by atoms with E-state index >= 15 is 0 Å². The number of rotatable bonds is 13. The van der Waals surface area contributed by atoms with E-state index in [0.717, 1.165) is 12.0 Å². The van der Waals surface area contributed by atoms with Gasteiger partial charge in [-0.25, -0.2) is 0 Å². The maximum Gasteiger partial charge on any atom is 0.176 e. The highest BCUT2D eigenvalue weighted by Crippen LogP contribution is 2.30. The zero-order valence-electron chi connectivity index (χ0n) is 19.6. The first-order valence-electron chi connectivity index (χ1n) is 12.4. The van der Waals surface area contributed by atoms with Gasteiger partial charge in [-0.2, -0.15) is 5.26 Å². The van der Waals surface area contributed by atoms with Crippen LogP contribution in [-0.4, -0.2) is 12.2 Å². The molecule has 0 heterocycles. The Kier molecular flexibility index (Phi) is 9.79. The molecule has 0 fully saturated rings. The summed E-state index contributed by atoms with van der Waals surface area (Å²) in [6.07, 6.45) is 18.3. The summed E-state index contributed by atoms with van der Waals surface area (Å²) in [7, 11) is 0. The first-order chi connectivity index (χ1) is 15.8. The fourth-order valence-electron chi connectivity index (χ4n) is 4.21. The third kappa shape index (κ3) is 7.21. The monoisotopic (exact) mass is 427 g/mol. The smallest absolute Gasteiger partial charge is 0.176 e. The Labute approximate surface area is 194 Å². The largest absolute Gasteiger partial charge is 0.356 e. The second kappa shape index (κ2) is 13.0. The molecular formula is C30H37NO. The first-order valence-corrected chi connectivity index (χ1v) is 12.4. The second-order valence-corrected chi connectivity index (χ2v) is 8.82. The molecule has 0 spiro atoms. The topological polar surface area (TPSA) is 33.0 Å². The van der Waals surface area contributed by atoms with Crippen LogP contribution in [0.4, 0.5) is 0 Å². The number of unbranched alkanes of at least 4 members (excludes halogenated alkanes) is 8. The summed E-state index contributed by atoms with van der Waals surface area (Å²) in [5, 5.41) is 9.75. The van der Waals surface area contributed by atoms with Crippen molar-refractivity contribution in [2.24, 2.45) is 0 Å². The molecule has 0 aliphatic heterocycles. The van der Waals surface area contributed by atoms with Gasteiger partial charge in [0, 0.05) is 13.0 Å². The number of nitrogens with zero attached hydrogens (tertiary/aromatic N) is 1. The summed E-state index contributed by atoms with van der Waals surface area (Å²) in [4.78, 5) is 0. The van der Waals surface area contributed by atoms with Crippen molar-refractivity contribution in [3.05, 3.63) is 78.4 Å². The molecule has 1 aliphatic carbocycles. The number of hydrogen-bond donors (Lipinski definition) is 0. The normalized spacial score (nSPS) is 17.7. The van der Waals surface area contributed by atoms with Crippen LogP contribution in [0.15, 0.2) is 72.8 Å². The van der Waals surface area contributed by atoms with Crippen LogP contribution in [0.5, 0.6) is 0 Å². The van der Waals surface area contributed by atoms with E-state index in [0.29, 0.717) is 13.0 Å². The molecule has 0 bridgehead atoms. The molecule has 32 heavy (non-hydrogen) atoms.